The Morgan fingerprint density at radius 3 is 2.64 bits per heavy atom. The van der Waals surface area contributed by atoms with E-state index in [1.807, 2.05) is 0 Å². The Morgan fingerprint density at radius 2 is 2.14 bits per heavy atom. The van der Waals surface area contributed by atoms with Gasteiger partial charge in [-0.05, 0) is 0 Å². The molecule has 0 spiro atoms. The van der Waals surface area contributed by atoms with Crippen LogP contribution in [-0.2, 0) is 4.79 Å². The third kappa shape index (κ3) is 2.35. The summed E-state index contributed by atoms with van der Waals surface area (Å²) in [7, 11) is 0. The zero-order valence-corrected chi connectivity index (χ0v) is 7.53. The maximum Gasteiger partial charge on any atom is 0.325 e. The lowest BCUT2D eigenvalue weighted by atomic mass is 10.0. The molecule has 0 aromatic rings. The van der Waals surface area contributed by atoms with Gasteiger partial charge in [0.2, 0.25) is 5.91 Å². The van der Waals surface area contributed by atoms with E-state index >= 15 is 0 Å². The summed E-state index contributed by atoms with van der Waals surface area (Å²) in [5, 5.41) is 2.45. The predicted octanol–water partition coefficient (Wildman–Crippen LogP) is -1.42. The van der Waals surface area contributed by atoms with Crippen molar-refractivity contribution < 1.29 is 14.4 Å². The monoisotopic (exact) mass is 200 g/mol. The molecule has 0 aromatic carbocycles. The number of rotatable bonds is 2. The van der Waals surface area contributed by atoms with Crippen LogP contribution in [0.1, 0.15) is 6.42 Å². The van der Waals surface area contributed by atoms with Crippen LogP contribution < -0.4 is 16.8 Å². The summed E-state index contributed by atoms with van der Waals surface area (Å²) in [4.78, 5) is 33.3. The molecule has 1 saturated heterocycles. The highest BCUT2D eigenvalue weighted by molar-refractivity contribution is 5.93. The summed E-state index contributed by atoms with van der Waals surface area (Å²) in [5.74, 6) is -0.617. The average molecular weight is 200 g/mol. The van der Waals surface area contributed by atoms with E-state index in [2.05, 4.69) is 5.32 Å². The number of carbonyl (C=O) groups excluding carboxylic acids is 3. The van der Waals surface area contributed by atoms with Gasteiger partial charge in [-0.25, -0.2) is 14.5 Å². The number of amides is 5. The SMILES string of the molecule is NC(=O)CC1CNC(=O)N(C(N)=O)C1. The highest BCUT2D eigenvalue weighted by Crippen LogP contribution is 2.09. The molecule has 78 valence electrons. The van der Waals surface area contributed by atoms with Crippen LogP contribution in [-0.4, -0.2) is 36.0 Å². The molecule has 1 aliphatic rings. The van der Waals surface area contributed by atoms with Gasteiger partial charge in [0.05, 0.1) is 0 Å². The minimum Gasteiger partial charge on any atom is -0.370 e. The fourth-order valence-corrected chi connectivity index (χ4v) is 1.34. The van der Waals surface area contributed by atoms with Gasteiger partial charge in [-0.1, -0.05) is 0 Å². The molecule has 0 bridgehead atoms. The highest BCUT2D eigenvalue weighted by Gasteiger charge is 2.29. The van der Waals surface area contributed by atoms with Crippen molar-refractivity contribution in [1.29, 1.82) is 0 Å². The van der Waals surface area contributed by atoms with Crippen molar-refractivity contribution in [1.82, 2.24) is 10.2 Å². The molecule has 5 amide bonds. The Balaban J connectivity index is 2.57. The van der Waals surface area contributed by atoms with E-state index in [4.69, 9.17) is 11.5 Å². The second kappa shape index (κ2) is 3.95. The quantitative estimate of drug-likeness (QED) is 0.507. The molecule has 0 aliphatic carbocycles. The van der Waals surface area contributed by atoms with E-state index in [-0.39, 0.29) is 18.9 Å². The van der Waals surface area contributed by atoms with Crippen LogP contribution in [0.25, 0.3) is 0 Å². The summed E-state index contributed by atoms with van der Waals surface area (Å²) in [5.41, 5.74) is 9.95. The van der Waals surface area contributed by atoms with Gasteiger partial charge in [0, 0.05) is 25.4 Å². The third-order valence-corrected chi connectivity index (χ3v) is 1.98. The van der Waals surface area contributed by atoms with Gasteiger partial charge < -0.3 is 16.8 Å². The number of primary amides is 2. The largest absolute Gasteiger partial charge is 0.370 e. The van der Waals surface area contributed by atoms with E-state index < -0.39 is 18.0 Å². The fourth-order valence-electron chi connectivity index (χ4n) is 1.34. The number of hydrogen-bond acceptors (Lipinski definition) is 3. The minimum absolute atomic E-state index is 0.129. The average Bonchev–Trinajstić information content (AvgIpc) is 2.07. The highest BCUT2D eigenvalue weighted by atomic mass is 16.2. The zero-order chi connectivity index (χ0) is 10.7. The number of nitrogens with one attached hydrogen (secondary N) is 1. The number of urea groups is 2. The number of hydrogen-bond donors (Lipinski definition) is 3. The van der Waals surface area contributed by atoms with Crippen LogP contribution in [0.3, 0.4) is 0 Å². The normalized spacial score (nSPS) is 21.6. The van der Waals surface area contributed by atoms with Crippen LogP contribution in [0.2, 0.25) is 0 Å². The van der Waals surface area contributed by atoms with Crippen LogP contribution in [0.5, 0.6) is 0 Å². The number of imide groups is 1. The number of carbonyl (C=O) groups is 3. The summed E-state index contributed by atoms with van der Waals surface area (Å²) in [6.45, 7) is 0.482. The summed E-state index contributed by atoms with van der Waals surface area (Å²) in [6, 6.07) is -1.35. The lowest BCUT2D eigenvalue weighted by Gasteiger charge is -2.29. The third-order valence-electron chi connectivity index (χ3n) is 1.98. The van der Waals surface area contributed by atoms with Crippen LogP contribution >= 0.6 is 0 Å². The summed E-state index contributed by atoms with van der Waals surface area (Å²) in [6.07, 6.45) is 0.129. The molecule has 7 nitrogen and oxygen atoms in total. The van der Waals surface area contributed by atoms with E-state index in [0.29, 0.717) is 6.54 Å². The summed E-state index contributed by atoms with van der Waals surface area (Å²) >= 11 is 0. The van der Waals surface area contributed by atoms with Crippen LogP contribution in [0.15, 0.2) is 0 Å². The van der Waals surface area contributed by atoms with Gasteiger partial charge in [0.15, 0.2) is 0 Å². The van der Waals surface area contributed by atoms with Crippen molar-refractivity contribution in [2.75, 3.05) is 13.1 Å². The molecule has 1 atom stereocenters. The fraction of sp³-hybridized carbons (Fsp3) is 0.571. The standard InChI is InChI=1S/C7H12N4O3/c8-5(12)1-4-2-10-7(14)11(3-4)6(9)13/h4H,1-3H2,(H2,8,12)(H2,9,13)(H,10,14). The first-order chi connectivity index (χ1) is 6.50. The van der Waals surface area contributed by atoms with E-state index in [9.17, 15) is 14.4 Å². The lowest BCUT2D eigenvalue weighted by Crippen LogP contribution is -2.55. The van der Waals surface area contributed by atoms with Gasteiger partial charge in [0.1, 0.15) is 0 Å². The Kier molecular flexibility index (Phi) is 2.90. The van der Waals surface area contributed by atoms with Gasteiger partial charge in [-0.2, -0.15) is 0 Å². The van der Waals surface area contributed by atoms with E-state index in [0.717, 1.165) is 4.90 Å². The maximum atomic E-state index is 11.1. The number of nitrogens with zero attached hydrogens (tertiary/aromatic N) is 1. The first kappa shape index (κ1) is 10.3. The number of nitrogens with two attached hydrogens (primary N) is 2. The van der Waals surface area contributed by atoms with E-state index in [1.54, 1.807) is 0 Å². The molecule has 5 N–H and O–H groups in total. The lowest BCUT2D eigenvalue weighted by molar-refractivity contribution is -0.119. The van der Waals surface area contributed by atoms with Crippen molar-refractivity contribution in [2.45, 2.75) is 6.42 Å². The smallest absolute Gasteiger partial charge is 0.325 e. The molecule has 0 aromatic heterocycles. The minimum atomic E-state index is -0.823. The molecule has 14 heavy (non-hydrogen) atoms. The van der Waals surface area contributed by atoms with Crippen LogP contribution in [0, 0.1) is 5.92 Å². The maximum absolute atomic E-state index is 11.1. The van der Waals surface area contributed by atoms with Gasteiger partial charge >= 0.3 is 12.1 Å². The Morgan fingerprint density at radius 1 is 1.50 bits per heavy atom. The van der Waals surface area contributed by atoms with Gasteiger partial charge in [-0.3, -0.25) is 4.79 Å². The molecular weight excluding hydrogens is 188 g/mol. The summed E-state index contributed by atoms with van der Waals surface area (Å²) < 4.78 is 0. The first-order valence-corrected chi connectivity index (χ1v) is 4.14. The Labute approximate surface area is 80.4 Å². The Bertz CT molecular complexity index is 278. The second-order valence-corrected chi connectivity index (χ2v) is 3.17. The first-order valence-electron chi connectivity index (χ1n) is 4.14. The molecule has 1 unspecified atom stereocenters. The topological polar surface area (TPSA) is 119 Å². The van der Waals surface area contributed by atoms with Crippen molar-refractivity contribution in [3.05, 3.63) is 0 Å². The molecule has 7 heteroatoms. The molecule has 1 aliphatic heterocycles. The molecule has 0 radical (unpaired) electrons. The van der Waals surface area contributed by atoms with Crippen molar-refractivity contribution in [2.24, 2.45) is 17.4 Å². The second-order valence-electron chi connectivity index (χ2n) is 3.17. The van der Waals surface area contributed by atoms with Crippen LogP contribution in [0.4, 0.5) is 9.59 Å². The molecule has 0 saturated carbocycles. The van der Waals surface area contributed by atoms with E-state index in [1.165, 1.54) is 0 Å². The molecule has 1 rings (SSSR count). The van der Waals surface area contributed by atoms with Crippen molar-refractivity contribution >= 4 is 18.0 Å². The Hall–Kier alpha value is -1.79. The van der Waals surface area contributed by atoms with Gasteiger partial charge in [0.25, 0.3) is 0 Å². The van der Waals surface area contributed by atoms with Crippen molar-refractivity contribution in [3.63, 3.8) is 0 Å². The molecule has 1 fully saturated rings. The predicted molar refractivity (Wildman–Crippen MR) is 47.0 cm³/mol. The van der Waals surface area contributed by atoms with Crippen molar-refractivity contribution in [3.8, 4) is 0 Å². The zero-order valence-electron chi connectivity index (χ0n) is 7.53. The van der Waals surface area contributed by atoms with Gasteiger partial charge in [-0.15, -0.1) is 0 Å². The molecular formula is C7H12N4O3. The molecule has 1 heterocycles.